The van der Waals surface area contributed by atoms with Crippen LogP contribution in [0.5, 0.6) is 5.75 Å². The smallest absolute Gasteiger partial charge is 0.223 e. The summed E-state index contributed by atoms with van der Waals surface area (Å²) in [6.07, 6.45) is 2.84. The van der Waals surface area contributed by atoms with Crippen molar-refractivity contribution >= 4 is 11.8 Å². The zero-order valence-electron chi connectivity index (χ0n) is 19.0. The molecular weight excluding hydrogens is 402 g/mol. The molecule has 3 rings (SSSR count). The topological polar surface area (TPSA) is 70.7 Å². The molecule has 1 heterocycles. The van der Waals surface area contributed by atoms with E-state index in [0.717, 1.165) is 42.8 Å². The summed E-state index contributed by atoms with van der Waals surface area (Å²) in [4.78, 5) is 27.4. The van der Waals surface area contributed by atoms with Crippen molar-refractivity contribution in [2.24, 2.45) is 5.92 Å². The van der Waals surface area contributed by atoms with Gasteiger partial charge in [-0.3, -0.25) is 14.5 Å². The van der Waals surface area contributed by atoms with Crippen LogP contribution in [0.25, 0.3) is 0 Å². The van der Waals surface area contributed by atoms with Crippen molar-refractivity contribution in [2.45, 2.75) is 45.7 Å². The number of amides is 2. The van der Waals surface area contributed by atoms with E-state index in [9.17, 15) is 9.59 Å². The summed E-state index contributed by atoms with van der Waals surface area (Å²) in [5.74, 6) is 0.899. The van der Waals surface area contributed by atoms with Gasteiger partial charge in [0.05, 0.1) is 6.61 Å². The molecule has 2 N–H and O–H groups in total. The monoisotopic (exact) mass is 437 g/mol. The number of carbonyl (C=O) groups excluding carboxylic acids is 2. The fraction of sp³-hybridized carbons (Fsp3) is 0.462. The number of benzene rings is 2. The summed E-state index contributed by atoms with van der Waals surface area (Å²) in [6, 6.07) is 18.0. The minimum absolute atomic E-state index is 0.0402. The van der Waals surface area contributed by atoms with E-state index >= 15 is 0 Å². The van der Waals surface area contributed by atoms with E-state index in [1.165, 1.54) is 0 Å². The quantitative estimate of drug-likeness (QED) is 0.695. The van der Waals surface area contributed by atoms with Crippen LogP contribution in [0.4, 0.5) is 0 Å². The Morgan fingerprint density at radius 2 is 1.88 bits per heavy atom. The Balaban J connectivity index is 1.60. The van der Waals surface area contributed by atoms with E-state index in [1.807, 2.05) is 55.5 Å². The average molecular weight is 438 g/mol. The zero-order valence-corrected chi connectivity index (χ0v) is 19.0. The lowest BCUT2D eigenvalue weighted by Crippen LogP contribution is -2.33. The van der Waals surface area contributed by atoms with Crippen LogP contribution in [0.2, 0.25) is 0 Å². The van der Waals surface area contributed by atoms with Gasteiger partial charge in [-0.2, -0.15) is 0 Å². The maximum Gasteiger partial charge on any atom is 0.223 e. The first kappa shape index (κ1) is 23.8. The first-order valence-electron chi connectivity index (χ1n) is 11.7. The molecule has 6 nitrogen and oxygen atoms in total. The standard InChI is InChI=1S/C26H35N3O3/c1-2-32-24-13-7-6-11-23(24)20-29-17-8-12-22(14-16-27-25(30)15-18-29)26(31)28-19-21-9-4-3-5-10-21/h3-7,9-11,13,22H,2,8,12,14-20H2,1H3,(H,27,30)(H,28,31). The number of hydrogen-bond donors (Lipinski definition) is 2. The average Bonchev–Trinajstić information content (AvgIpc) is 2.85. The van der Waals surface area contributed by atoms with E-state index in [4.69, 9.17) is 4.74 Å². The van der Waals surface area contributed by atoms with Gasteiger partial charge in [0.25, 0.3) is 0 Å². The van der Waals surface area contributed by atoms with E-state index in [0.29, 0.717) is 39.1 Å². The third-order valence-corrected chi connectivity index (χ3v) is 5.84. The Kier molecular flexibility index (Phi) is 9.57. The maximum atomic E-state index is 12.8. The molecule has 0 spiro atoms. The summed E-state index contributed by atoms with van der Waals surface area (Å²) < 4.78 is 5.77. The van der Waals surface area contributed by atoms with Crippen molar-refractivity contribution in [1.82, 2.24) is 15.5 Å². The molecule has 1 fully saturated rings. The summed E-state index contributed by atoms with van der Waals surface area (Å²) in [6.45, 7) is 5.94. The molecule has 1 aliphatic heterocycles. The zero-order chi connectivity index (χ0) is 22.6. The van der Waals surface area contributed by atoms with E-state index in [-0.39, 0.29) is 17.7 Å². The molecule has 0 radical (unpaired) electrons. The lowest BCUT2D eigenvalue weighted by atomic mass is 9.98. The summed E-state index contributed by atoms with van der Waals surface area (Å²) in [5.41, 5.74) is 2.21. The SMILES string of the molecule is CCOc1ccccc1CN1CCCC(C(=O)NCc2ccccc2)CCNC(=O)CC1. The normalized spacial score (nSPS) is 18.3. The van der Waals surface area contributed by atoms with Crippen molar-refractivity contribution in [3.05, 3.63) is 65.7 Å². The molecule has 2 aromatic carbocycles. The molecule has 0 aromatic heterocycles. The molecular formula is C26H35N3O3. The number of nitrogens with zero attached hydrogens (tertiary/aromatic N) is 1. The van der Waals surface area contributed by atoms with Crippen molar-refractivity contribution < 1.29 is 14.3 Å². The second kappa shape index (κ2) is 12.9. The van der Waals surface area contributed by atoms with Gasteiger partial charge >= 0.3 is 0 Å². The molecule has 1 unspecified atom stereocenters. The van der Waals surface area contributed by atoms with Gasteiger partial charge < -0.3 is 15.4 Å². The largest absolute Gasteiger partial charge is 0.494 e. The Morgan fingerprint density at radius 1 is 1.09 bits per heavy atom. The van der Waals surface area contributed by atoms with Gasteiger partial charge in [0.1, 0.15) is 5.75 Å². The molecule has 1 aliphatic rings. The van der Waals surface area contributed by atoms with Crippen LogP contribution in [-0.4, -0.2) is 43.0 Å². The highest BCUT2D eigenvalue weighted by molar-refractivity contribution is 5.79. The molecule has 2 amide bonds. The molecule has 0 bridgehead atoms. The van der Waals surface area contributed by atoms with Gasteiger partial charge in [-0.1, -0.05) is 48.5 Å². The fourth-order valence-electron chi connectivity index (χ4n) is 4.07. The lowest BCUT2D eigenvalue weighted by molar-refractivity contribution is -0.126. The third-order valence-electron chi connectivity index (χ3n) is 5.84. The number of hydrogen-bond acceptors (Lipinski definition) is 4. The molecule has 1 saturated heterocycles. The second-order valence-corrected chi connectivity index (χ2v) is 8.25. The third kappa shape index (κ3) is 7.68. The highest BCUT2D eigenvalue weighted by atomic mass is 16.5. The maximum absolute atomic E-state index is 12.8. The van der Waals surface area contributed by atoms with Crippen LogP contribution < -0.4 is 15.4 Å². The molecule has 172 valence electrons. The van der Waals surface area contributed by atoms with Gasteiger partial charge in [-0.15, -0.1) is 0 Å². The van der Waals surface area contributed by atoms with Crippen molar-refractivity contribution in [1.29, 1.82) is 0 Å². The van der Waals surface area contributed by atoms with E-state index < -0.39 is 0 Å². The lowest BCUT2D eigenvalue weighted by Gasteiger charge is -2.24. The van der Waals surface area contributed by atoms with Crippen LogP contribution >= 0.6 is 0 Å². The van der Waals surface area contributed by atoms with Gasteiger partial charge in [0, 0.05) is 44.1 Å². The predicted octanol–water partition coefficient (Wildman–Crippen LogP) is 3.51. The predicted molar refractivity (Wildman–Crippen MR) is 126 cm³/mol. The highest BCUT2D eigenvalue weighted by Gasteiger charge is 2.20. The Hall–Kier alpha value is -2.86. The van der Waals surface area contributed by atoms with Crippen LogP contribution in [0.3, 0.4) is 0 Å². The molecule has 2 aromatic rings. The summed E-state index contributed by atoms with van der Waals surface area (Å²) in [5, 5.41) is 6.06. The van der Waals surface area contributed by atoms with Crippen LogP contribution in [0.15, 0.2) is 54.6 Å². The fourth-order valence-corrected chi connectivity index (χ4v) is 4.07. The molecule has 0 saturated carbocycles. The second-order valence-electron chi connectivity index (χ2n) is 8.25. The van der Waals surface area contributed by atoms with Crippen molar-refractivity contribution in [2.75, 3.05) is 26.2 Å². The minimum atomic E-state index is -0.102. The van der Waals surface area contributed by atoms with Crippen LogP contribution in [-0.2, 0) is 22.7 Å². The van der Waals surface area contributed by atoms with E-state index in [1.54, 1.807) is 0 Å². The summed E-state index contributed by atoms with van der Waals surface area (Å²) in [7, 11) is 0. The van der Waals surface area contributed by atoms with Gasteiger partial charge in [0.15, 0.2) is 0 Å². The van der Waals surface area contributed by atoms with Crippen LogP contribution in [0, 0.1) is 5.92 Å². The molecule has 32 heavy (non-hydrogen) atoms. The van der Waals surface area contributed by atoms with E-state index in [2.05, 4.69) is 21.6 Å². The van der Waals surface area contributed by atoms with Gasteiger partial charge in [0.2, 0.25) is 11.8 Å². The minimum Gasteiger partial charge on any atom is -0.494 e. The number of para-hydroxylation sites is 1. The highest BCUT2D eigenvalue weighted by Crippen LogP contribution is 2.21. The Labute approximate surface area is 191 Å². The van der Waals surface area contributed by atoms with Gasteiger partial charge in [-0.25, -0.2) is 0 Å². The molecule has 0 aliphatic carbocycles. The molecule has 1 atom stereocenters. The number of rotatable bonds is 7. The Bertz CT molecular complexity index is 856. The van der Waals surface area contributed by atoms with Crippen molar-refractivity contribution in [3.8, 4) is 5.75 Å². The number of ether oxygens (including phenoxy) is 1. The van der Waals surface area contributed by atoms with Gasteiger partial charge in [-0.05, 0) is 44.4 Å². The first-order chi connectivity index (χ1) is 15.7. The number of carbonyl (C=O) groups is 2. The van der Waals surface area contributed by atoms with Crippen LogP contribution in [0.1, 0.15) is 43.7 Å². The molecule has 6 heteroatoms. The first-order valence-corrected chi connectivity index (χ1v) is 11.7. The summed E-state index contributed by atoms with van der Waals surface area (Å²) >= 11 is 0. The number of nitrogens with one attached hydrogen (secondary N) is 2. The Morgan fingerprint density at radius 3 is 2.69 bits per heavy atom. The van der Waals surface area contributed by atoms with Crippen molar-refractivity contribution in [3.63, 3.8) is 0 Å².